The maximum Gasteiger partial charge on any atom is 0.139 e. The second-order valence-electron chi connectivity index (χ2n) is 6.12. The zero-order chi connectivity index (χ0) is 17.2. The van der Waals surface area contributed by atoms with Crippen LogP contribution in [0.3, 0.4) is 0 Å². The van der Waals surface area contributed by atoms with E-state index in [1.54, 1.807) is 12.1 Å². The summed E-state index contributed by atoms with van der Waals surface area (Å²) in [4.78, 5) is 8.34. The van der Waals surface area contributed by atoms with Crippen LogP contribution in [-0.4, -0.2) is 40.0 Å². The third-order valence-electron chi connectivity index (χ3n) is 4.33. The summed E-state index contributed by atoms with van der Waals surface area (Å²) < 4.78 is 0. The van der Waals surface area contributed by atoms with Crippen LogP contribution in [0.25, 0.3) is 0 Å². The molecule has 0 atom stereocenters. The number of hydrogen-bond donors (Lipinski definition) is 2. The van der Waals surface area contributed by atoms with E-state index in [0.717, 1.165) is 18.0 Å². The number of para-hydroxylation sites is 4. The monoisotopic (exact) mass is 336 g/mol. The Balaban J connectivity index is 1.36. The third kappa shape index (κ3) is 3.06. The van der Waals surface area contributed by atoms with Crippen molar-refractivity contribution in [1.29, 1.82) is 0 Å². The number of nitrogens with zero attached hydrogens (tertiary/aromatic N) is 4. The first-order chi connectivity index (χ1) is 12.2. The molecule has 128 valence electrons. The van der Waals surface area contributed by atoms with Gasteiger partial charge in [-0.1, -0.05) is 24.3 Å². The van der Waals surface area contributed by atoms with E-state index in [9.17, 15) is 10.2 Å². The molecule has 2 aliphatic heterocycles. The maximum absolute atomic E-state index is 9.98. The summed E-state index contributed by atoms with van der Waals surface area (Å²) in [6.45, 7) is 2.08. The molecule has 25 heavy (non-hydrogen) atoms. The lowest BCUT2D eigenvalue weighted by molar-refractivity contribution is 0.250. The van der Waals surface area contributed by atoms with E-state index >= 15 is 0 Å². The van der Waals surface area contributed by atoms with Gasteiger partial charge in [-0.3, -0.25) is 0 Å². The largest absolute Gasteiger partial charge is 0.506 e. The van der Waals surface area contributed by atoms with Crippen LogP contribution in [-0.2, 0) is 0 Å². The average molecular weight is 336 g/mol. The number of phenols is 2. The molecular weight excluding hydrogens is 316 g/mol. The highest BCUT2D eigenvalue weighted by molar-refractivity contribution is 5.61. The van der Waals surface area contributed by atoms with Crippen molar-refractivity contribution in [2.45, 2.75) is 0 Å². The highest BCUT2D eigenvalue weighted by atomic mass is 16.3. The quantitative estimate of drug-likeness (QED) is 0.895. The molecule has 6 nitrogen and oxygen atoms in total. The molecule has 6 heteroatoms. The minimum absolute atomic E-state index is 0.279. The molecule has 2 aliphatic rings. The number of anilines is 2. The topological polar surface area (TPSA) is 53.4 Å². The van der Waals surface area contributed by atoms with Crippen molar-refractivity contribution in [3.8, 4) is 11.5 Å². The van der Waals surface area contributed by atoms with E-state index in [1.165, 1.54) is 0 Å². The molecular formula is C19H20N4O2. The second-order valence-corrected chi connectivity index (χ2v) is 6.12. The van der Waals surface area contributed by atoms with Gasteiger partial charge in [-0.05, 0) is 24.3 Å². The zero-order valence-electron chi connectivity index (χ0n) is 13.7. The highest BCUT2D eigenvalue weighted by Gasteiger charge is 2.21. The van der Waals surface area contributed by atoms with Crippen LogP contribution in [0.2, 0.25) is 0 Å². The molecule has 0 unspecified atom stereocenters. The Morgan fingerprint density at radius 2 is 1.08 bits per heavy atom. The Kier molecular flexibility index (Phi) is 3.85. The summed E-state index contributed by atoms with van der Waals surface area (Å²) in [5.41, 5.74) is 1.60. The van der Waals surface area contributed by atoms with Crippen LogP contribution in [0.15, 0.2) is 73.3 Å². The lowest BCUT2D eigenvalue weighted by atomic mass is 10.3. The maximum atomic E-state index is 9.98. The first kappa shape index (κ1) is 15.3. The number of rotatable bonds is 4. The Labute approximate surface area is 146 Å². The smallest absolute Gasteiger partial charge is 0.139 e. The zero-order valence-corrected chi connectivity index (χ0v) is 13.7. The number of hydrogen-bond acceptors (Lipinski definition) is 6. The van der Waals surface area contributed by atoms with Gasteiger partial charge in [0.15, 0.2) is 0 Å². The van der Waals surface area contributed by atoms with Gasteiger partial charge in [0.1, 0.15) is 11.5 Å². The fourth-order valence-electron chi connectivity index (χ4n) is 3.07. The standard InChI is InChI=1S/C19H20N4O2/c24-18-7-3-1-5-16(18)22-11-9-20(14-22)13-21-10-12-23(15-21)17-6-2-4-8-19(17)25/h1-12,24-25H,13-15H2. The van der Waals surface area contributed by atoms with E-state index in [2.05, 4.69) is 9.80 Å². The van der Waals surface area contributed by atoms with Gasteiger partial charge in [-0.15, -0.1) is 0 Å². The molecule has 0 spiro atoms. The van der Waals surface area contributed by atoms with Crippen molar-refractivity contribution in [2.75, 3.05) is 29.8 Å². The van der Waals surface area contributed by atoms with Gasteiger partial charge in [-0.25, -0.2) is 0 Å². The van der Waals surface area contributed by atoms with E-state index in [1.807, 2.05) is 71.0 Å². The molecule has 0 amide bonds. The molecule has 4 rings (SSSR count). The molecule has 2 heterocycles. The van der Waals surface area contributed by atoms with Crippen molar-refractivity contribution in [3.63, 3.8) is 0 Å². The Morgan fingerprint density at radius 1 is 0.640 bits per heavy atom. The van der Waals surface area contributed by atoms with E-state index in [4.69, 9.17) is 0 Å². The number of aromatic hydroxyl groups is 2. The predicted octanol–water partition coefficient (Wildman–Crippen LogP) is 2.86. The van der Waals surface area contributed by atoms with Crippen LogP contribution in [0.1, 0.15) is 0 Å². The molecule has 0 aliphatic carbocycles. The normalized spacial score (nSPS) is 16.3. The summed E-state index contributed by atoms with van der Waals surface area (Å²) in [7, 11) is 0. The van der Waals surface area contributed by atoms with Crippen LogP contribution in [0.5, 0.6) is 11.5 Å². The number of benzene rings is 2. The third-order valence-corrected chi connectivity index (χ3v) is 4.33. The molecule has 0 saturated heterocycles. The van der Waals surface area contributed by atoms with Crippen molar-refractivity contribution in [1.82, 2.24) is 9.80 Å². The van der Waals surface area contributed by atoms with Gasteiger partial charge >= 0.3 is 0 Å². The SMILES string of the molecule is Oc1ccccc1N1C=CN(CN2C=CN(c3ccccc3O)C2)C1. The van der Waals surface area contributed by atoms with Gasteiger partial charge < -0.3 is 29.8 Å². The lowest BCUT2D eigenvalue weighted by Crippen LogP contribution is -2.35. The first-order valence-corrected chi connectivity index (χ1v) is 8.15. The van der Waals surface area contributed by atoms with Crippen LogP contribution in [0, 0.1) is 0 Å². The Morgan fingerprint density at radius 3 is 1.52 bits per heavy atom. The second kappa shape index (κ2) is 6.32. The van der Waals surface area contributed by atoms with Gasteiger partial charge in [0.2, 0.25) is 0 Å². The van der Waals surface area contributed by atoms with Gasteiger partial charge in [0.05, 0.1) is 31.4 Å². The number of phenolic OH excluding ortho intramolecular Hbond substituents is 2. The molecule has 2 aromatic carbocycles. The van der Waals surface area contributed by atoms with Crippen molar-refractivity contribution < 1.29 is 10.2 Å². The lowest BCUT2D eigenvalue weighted by Gasteiger charge is -2.27. The van der Waals surface area contributed by atoms with E-state index in [0.29, 0.717) is 13.3 Å². The molecule has 0 bridgehead atoms. The summed E-state index contributed by atoms with van der Waals surface area (Å²) in [5.74, 6) is 0.557. The van der Waals surface area contributed by atoms with Crippen LogP contribution >= 0.6 is 0 Å². The van der Waals surface area contributed by atoms with Gasteiger partial charge in [0, 0.05) is 24.8 Å². The predicted molar refractivity (Wildman–Crippen MR) is 97.7 cm³/mol. The van der Waals surface area contributed by atoms with Crippen LogP contribution in [0.4, 0.5) is 11.4 Å². The minimum atomic E-state index is 0.279. The highest BCUT2D eigenvalue weighted by Crippen LogP contribution is 2.30. The van der Waals surface area contributed by atoms with Crippen molar-refractivity contribution >= 4 is 11.4 Å². The van der Waals surface area contributed by atoms with Crippen molar-refractivity contribution in [3.05, 3.63) is 73.3 Å². The van der Waals surface area contributed by atoms with Crippen LogP contribution < -0.4 is 9.80 Å². The Bertz CT molecular complexity index is 753. The van der Waals surface area contributed by atoms with Gasteiger partial charge in [0.25, 0.3) is 0 Å². The molecule has 0 radical (unpaired) electrons. The summed E-state index contributed by atoms with van der Waals surface area (Å²) in [6, 6.07) is 14.7. The Hall–Kier alpha value is -3.28. The summed E-state index contributed by atoms with van der Waals surface area (Å²) in [5, 5.41) is 20.0. The molecule has 0 aromatic heterocycles. The molecule has 2 N–H and O–H groups in total. The summed E-state index contributed by atoms with van der Waals surface area (Å²) >= 11 is 0. The minimum Gasteiger partial charge on any atom is -0.506 e. The summed E-state index contributed by atoms with van der Waals surface area (Å²) in [6.07, 6.45) is 7.97. The molecule has 0 saturated carbocycles. The fourth-order valence-corrected chi connectivity index (χ4v) is 3.07. The van der Waals surface area contributed by atoms with E-state index < -0.39 is 0 Å². The molecule has 0 fully saturated rings. The van der Waals surface area contributed by atoms with Gasteiger partial charge in [-0.2, -0.15) is 0 Å². The first-order valence-electron chi connectivity index (χ1n) is 8.15. The van der Waals surface area contributed by atoms with E-state index in [-0.39, 0.29) is 11.5 Å². The molecule has 2 aromatic rings. The average Bonchev–Trinajstić information content (AvgIpc) is 3.26. The fraction of sp³-hybridized carbons (Fsp3) is 0.158. The van der Waals surface area contributed by atoms with Crippen molar-refractivity contribution in [2.24, 2.45) is 0 Å².